The van der Waals surface area contributed by atoms with Gasteiger partial charge in [0, 0.05) is 69.5 Å². The van der Waals surface area contributed by atoms with Gasteiger partial charge in [-0.05, 0) is 30.9 Å². The second-order valence-electron chi connectivity index (χ2n) is 7.92. The first-order chi connectivity index (χ1) is 14.7. The van der Waals surface area contributed by atoms with Crippen LogP contribution in [-0.4, -0.2) is 65.7 Å². The zero-order chi connectivity index (χ0) is 20.9. The molecule has 4 rings (SSSR count). The highest BCUT2D eigenvalue weighted by atomic mass is 127. The Bertz CT molecular complexity index is 1000. The van der Waals surface area contributed by atoms with E-state index < -0.39 is 0 Å². The highest BCUT2D eigenvalue weighted by Gasteiger charge is 2.20. The smallest absolute Gasteiger partial charge is 0.193 e. The minimum atomic E-state index is 0. The molecular formula is C23H33IN6O. The molecule has 2 N–H and O–H groups in total. The zero-order valence-corrected chi connectivity index (χ0v) is 21.0. The van der Waals surface area contributed by atoms with Crippen molar-refractivity contribution in [1.82, 2.24) is 25.3 Å². The van der Waals surface area contributed by atoms with Crippen molar-refractivity contribution in [1.29, 1.82) is 0 Å². The van der Waals surface area contributed by atoms with E-state index in [1.807, 2.05) is 20.0 Å². The van der Waals surface area contributed by atoms with Crippen LogP contribution in [0.4, 0.5) is 0 Å². The lowest BCUT2D eigenvalue weighted by Gasteiger charge is -2.36. The summed E-state index contributed by atoms with van der Waals surface area (Å²) in [7, 11) is 1.87. The third-order valence-corrected chi connectivity index (χ3v) is 5.89. The van der Waals surface area contributed by atoms with Crippen molar-refractivity contribution >= 4 is 40.8 Å². The predicted molar refractivity (Wildman–Crippen MR) is 136 cm³/mol. The predicted octanol–water partition coefficient (Wildman–Crippen LogP) is 3.58. The van der Waals surface area contributed by atoms with Crippen LogP contribution in [0.1, 0.15) is 29.5 Å². The Kier molecular flexibility index (Phi) is 8.36. The summed E-state index contributed by atoms with van der Waals surface area (Å²) in [6, 6.07) is 8.59. The summed E-state index contributed by atoms with van der Waals surface area (Å²) in [5.74, 6) is 1.86. The highest BCUT2D eigenvalue weighted by Crippen LogP contribution is 2.22. The molecular weight excluding hydrogens is 503 g/mol. The molecule has 1 aliphatic rings. The van der Waals surface area contributed by atoms with Gasteiger partial charge in [0.25, 0.3) is 0 Å². The second-order valence-corrected chi connectivity index (χ2v) is 7.92. The van der Waals surface area contributed by atoms with E-state index in [0.29, 0.717) is 0 Å². The van der Waals surface area contributed by atoms with Gasteiger partial charge < -0.3 is 19.7 Å². The van der Waals surface area contributed by atoms with E-state index in [4.69, 9.17) is 4.52 Å². The van der Waals surface area contributed by atoms with Crippen LogP contribution in [0, 0.1) is 6.92 Å². The minimum absolute atomic E-state index is 0. The molecule has 3 aromatic rings. The summed E-state index contributed by atoms with van der Waals surface area (Å²) in [6.45, 7) is 9.76. The molecule has 168 valence electrons. The number of H-pyrrole nitrogens is 1. The zero-order valence-electron chi connectivity index (χ0n) is 18.6. The molecule has 1 saturated heterocycles. The summed E-state index contributed by atoms with van der Waals surface area (Å²) >= 11 is 0. The van der Waals surface area contributed by atoms with Crippen molar-refractivity contribution < 1.29 is 4.52 Å². The van der Waals surface area contributed by atoms with Gasteiger partial charge in [-0.15, -0.1) is 24.0 Å². The first kappa shape index (κ1) is 23.6. The first-order valence-corrected chi connectivity index (χ1v) is 10.9. The molecule has 0 saturated carbocycles. The fraction of sp³-hybridized carbons (Fsp3) is 0.478. The largest absolute Gasteiger partial charge is 0.361 e. The highest BCUT2D eigenvalue weighted by molar-refractivity contribution is 14.0. The number of nitrogens with zero attached hydrogens (tertiary/aromatic N) is 4. The number of hydrogen-bond acceptors (Lipinski definition) is 4. The van der Waals surface area contributed by atoms with E-state index in [0.717, 1.165) is 69.5 Å². The Morgan fingerprint density at radius 3 is 2.71 bits per heavy atom. The Balaban J connectivity index is 0.00000272. The molecule has 0 spiro atoms. The molecule has 1 aliphatic heterocycles. The van der Waals surface area contributed by atoms with Gasteiger partial charge in [0.15, 0.2) is 5.96 Å². The van der Waals surface area contributed by atoms with Crippen LogP contribution in [0.25, 0.3) is 10.9 Å². The number of aromatic amines is 1. The van der Waals surface area contributed by atoms with Gasteiger partial charge in [0.05, 0.1) is 5.69 Å². The summed E-state index contributed by atoms with van der Waals surface area (Å²) in [5, 5.41) is 9.00. The summed E-state index contributed by atoms with van der Waals surface area (Å²) in [4.78, 5) is 12.7. The lowest BCUT2D eigenvalue weighted by Crippen LogP contribution is -2.52. The number of rotatable bonds is 6. The molecule has 8 heteroatoms. The van der Waals surface area contributed by atoms with Crippen LogP contribution in [0.2, 0.25) is 0 Å². The van der Waals surface area contributed by atoms with Crippen molar-refractivity contribution in [3.05, 3.63) is 53.0 Å². The molecule has 0 atom stereocenters. The fourth-order valence-electron chi connectivity index (χ4n) is 4.26. The Morgan fingerprint density at radius 1 is 1.23 bits per heavy atom. The lowest BCUT2D eigenvalue weighted by atomic mass is 10.1. The van der Waals surface area contributed by atoms with E-state index in [-0.39, 0.29) is 24.0 Å². The Hall–Kier alpha value is -2.07. The van der Waals surface area contributed by atoms with Crippen LogP contribution in [-0.2, 0) is 19.4 Å². The fourth-order valence-corrected chi connectivity index (χ4v) is 4.26. The van der Waals surface area contributed by atoms with Crippen LogP contribution in [0.3, 0.4) is 0 Å². The molecule has 7 nitrogen and oxygen atoms in total. The standard InChI is InChI=1S/C23H32N6O.HI/c1-4-18-6-5-7-21-19(15-26-22(18)21)8-9-25-23(24-3)29-12-10-28(11-13-29)16-20-14-17(2)30-27-20;/h5-7,14-15,26H,4,8-13,16H2,1-3H3,(H,24,25);1H. The molecule has 3 heterocycles. The van der Waals surface area contributed by atoms with Gasteiger partial charge in [0.1, 0.15) is 5.76 Å². The van der Waals surface area contributed by atoms with Gasteiger partial charge in [-0.1, -0.05) is 30.3 Å². The molecule has 2 aromatic heterocycles. The van der Waals surface area contributed by atoms with E-state index in [1.165, 1.54) is 22.0 Å². The van der Waals surface area contributed by atoms with E-state index in [1.54, 1.807) is 0 Å². The average molecular weight is 536 g/mol. The number of guanidine groups is 1. The number of benzene rings is 1. The number of nitrogens with one attached hydrogen (secondary N) is 2. The number of aliphatic imine (C=N–C) groups is 1. The quantitative estimate of drug-likeness (QED) is 0.286. The third kappa shape index (κ3) is 5.60. The van der Waals surface area contributed by atoms with Gasteiger partial charge in [0.2, 0.25) is 0 Å². The first-order valence-electron chi connectivity index (χ1n) is 10.9. The Morgan fingerprint density at radius 2 is 2.03 bits per heavy atom. The van der Waals surface area contributed by atoms with Gasteiger partial charge in [-0.2, -0.15) is 0 Å². The monoisotopic (exact) mass is 536 g/mol. The molecule has 0 amide bonds. The molecule has 0 radical (unpaired) electrons. The number of aryl methyl sites for hydroxylation is 2. The van der Waals surface area contributed by atoms with Gasteiger partial charge >= 0.3 is 0 Å². The summed E-state index contributed by atoms with van der Waals surface area (Å²) < 4.78 is 5.18. The maximum absolute atomic E-state index is 5.18. The average Bonchev–Trinajstić information content (AvgIpc) is 3.38. The van der Waals surface area contributed by atoms with E-state index >= 15 is 0 Å². The molecule has 1 aromatic carbocycles. The maximum atomic E-state index is 5.18. The number of hydrogen-bond donors (Lipinski definition) is 2. The SMILES string of the molecule is CCc1cccc2c(CCNC(=NC)N3CCN(Cc4cc(C)on4)CC3)c[nH]c12.I. The molecule has 1 fully saturated rings. The third-order valence-electron chi connectivity index (χ3n) is 5.89. The van der Waals surface area contributed by atoms with Crippen LogP contribution in [0.5, 0.6) is 0 Å². The topological polar surface area (TPSA) is 72.7 Å². The van der Waals surface area contributed by atoms with Crippen molar-refractivity contribution in [2.45, 2.75) is 33.2 Å². The second kappa shape index (κ2) is 11.0. The number of para-hydroxylation sites is 1. The van der Waals surface area contributed by atoms with Crippen LogP contribution >= 0.6 is 24.0 Å². The van der Waals surface area contributed by atoms with Crippen molar-refractivity contribution in [2.24, 2.45) is 4.99 Å². The molecule has 0 bridgehead atoms. The number of aromatic nitrogens is 2. The van der Waals surface area contributed by atoms with Crippen molar-refractivity contribution in [3.8, 4) is 0 Å². The molecule has 0 unspecified atom stereocenters. The van der Waals surface area contributed by atoms with Gasteiger partial charge in [-0.3, -0.25) is 9.89 Å². The van der Waals surface area contributed by atoms with E-state index in [2.05, 4.69) is 61.6 Å². The normalized spacial score (nSPS) is 15.3. The van der Waals surface area contributed by atoms with Crippen LogP contribution in [0.15, 0.2) is 40.0 Å². The number of fused-ring (bicyclic) bond motifs is 1. The summed E-state index contributed by atoms with van der Waals surface area (Å²) in [5.41, 5.74) is 5.02. The van der Waals surface area contributed by atoms with Gasteiger partial charge in [-0.25, -0.2) is 0 Å². The van der Waals surface area contributed by atoms with E-state index in [9.17, 15) is 0 Å². The van der Waals surface area contributed by atoms with Crippen molar-refractivity contribution in [3.63, 3.8) is 0 Å². The number of piperazine rings is 1. The molecule has 0 aliphatic carbocycles. The minimum Gasteiger partial charge on any atom is -0.361 e. The number of halogens is 1. The van der Waals surface area contributed by atoms with Crippen LogP contribution < -0.4 is 5.32 Å². The lowest BCUT2D eigenvalue weighted by molar-refractivity contribution is 0.169. The maximum Gasteiger partial charge on any atom is 0.193 e. The Labute approximate surface area is 201 Å². The molecule has 31 heavy (non-hydrogen) atoms. The summed E-state index contributed by atoms with van der Waals surface area (Å²) in [6.07, 6.45) is 4.17. The van der Waals surface area contributed by atoms with Crippen molar-refractivity contribution in [2.75, 3.05) is 39.8 Å².